The number of nitrogens with one attached hydrogen (secondary N) is 1. The molecule has 1 amide bonds. The van der Waals surface area contributed by atoms with Crippen molar-refractivity contribution in [2.45, 2.75) is 12.5 Å². The first kappa shape index (κ1) is 13.2. The van der Waals surface area contributed by atoms with Gasteiger partial charge in [0.25, 0.3) is 0 Å². The van der Waals surface area contributed by atoms with Crippen LogP contribution in [0.1, 0.15) is 6.42 Å². The minimum absolute atomic E-state index is 0.415. The van der Waals surface area contributed by atoms with Crippen molar-refractivity contribution in [3.05, 3.63) is 0 Å². The molecule has 0 spiro atoms. The van der Waals surface area contributed by atoms with Crippen LogP contribution in [-0.4, -0.2) is 48.8 Å². The average molecular weight is 221 g/mol. The SMILES string of the molecule is COCCSCCC(NC=O)C(=O)O. The van der Waals surface area contributed by atoms with Gasteiger partial charge in [-0.2, -0.15) is 11.8 Å². The van der Waals surface area contributed by atoms with Crippen molar-refractivity contribution in [1.82, 2.24) is 5.32 Å². The fraction of sp³-hybridized carbons (Fsp3) is 0.750. The fourth-order valence-electron chi connectivity index (χ4n) is 0.806. The number of hydrogen-bond donors (Lipinski definition) is 2. The number of carboxylic acid groups (broad SMARTS) is 1. The van der Waals surface area contributed by atoms with Crippen molar-refractivity contribution in [3.8, 4) is 0 Å². The van der Waals surface area contributed by atoms with Crippen LogP contribution in [0, 0.1) is 0 Å². The highest BCUT2D eigenvalue weighted by Crippen LogP contribution is 2.04. The van der Waals surface area contributed by atoms with Gasteiger partial charge in [-0.1, -0.05) is 0 Å². The smallest absolute Gasteiger partial charge is 0.326 e. The van der Waals surface area contributed by atoms with E-state index in [0.29, 0.717) is 25.2 Å². The zero-order valence-corrected chi connectivity index (χ0v) is 8.88. The lowest BCUT2D eigenvalue weighted by Crippen LogP contribution is -2.36. The molecule has 5 nitrogen and oxygen atoms in total. The minimum atomic E-state index is -0.996. The summed E-state index contributed by atoms with van der Waals surface area (Å²) in [6.07, 6.45) is 0.848. The van der Waals surface area contributed by atoms with E-state index >= 15 is 0 Å². The number of ether oxygens (including phenoxy) is 1. The highest BCUT2D eigenvalue weighted by molar-refractivity contribution is 7.99. The maximum Gasteiger partial charge on any atom is 0.326 e. The van der Waals surface area contributed by atoms with E-state index in [1.54, 1.807) is 18.9 Å². The van der Waals surface area contributed by atoms with Gasteiger partial charge < -0.3 is 15.2 Å². The van der Waals surface area contributed by atoms with Gasteiger partial charge in [-0.25, -0.2) is 4.79 Å². The first-order valence-electron chi connectivity index (χ1n) is 4.21. The molecule has 0 radical (unpaired) electrons. The number of methoxy groups -OCH3 is 1. The molecule has 0 aliphatic heterocycles. The molecule has 0 aliphatic rings. The van der Waals surface area contributed by atoms with Gasteiger partial charge in [0.1, 0.15) is 6.04 Å². The molecule has 0 saturated carbocycles. The Kier molecular flexibility index (Phi) is 8.36. The van der Waals surface area contributed by atoms with Crippen molar-refractivity contribution >= 4 is 24.1 Å². The monoisotopic (exact) mass is 221 g/mol. The molecular formula is C8H15NO4S. The van der Waals surface area contributed by atoms with Crippen LogP contribution >= 0.6 is 11.8 Å². The number of amides is 1. The third-order valence-electron chi connectivity index (χ3n) is 1.55. The second kappa shape index (κ2) is 8.83. The second-order valence-electron chi connectivity index (χ2n) is 2.57. The summed E-state index contributed by atoms with van der Waals surface area (Å²) in [6.45, 7) is 0.656. The number of hydrogen-bond acceptors (Lipinski definition) is 4. The zero-order chi connectivity index (χ0) is 10.8. The third kappa shape index (κ3) is 6.73. The summed E-state index contributed by atoms with van der Waals surface area (Å²) in [5.41, 5.74) is 0. The first-order chi connectivity index (χ1) is 6.72. The van der Waals surface area contributed by atoms with E-state index in [4.69, 9.17) is 9.84 Å². The maximum absolute atomic E-state index is 10.6. The van der Waals surface area contributed by atoms with Crippen molar-refractivity contribution in [3.63, 3.8) is 0 Å². The number of thioether (sulfide) groups is 1. The Balaban J connectivity index is 3.50. The molecule has 0 fully saturated rings. The Hall–Kier alpha value is -0.750. The fourth-order valence-corrected chi connectivity index (χ4v) is 1.70. The Morgan fingerprint density at radius 3 is 2.86 bits per heavy atom. The number of carbonyl (C=O) groups excluding carboxylic acids is 1. The predicted molar refractivity (Wildman–Crippen MR) is 54.4 cm³/mol. The molecule has 2 N–H and O–H groups in total. The summed E-state index contributed by atoms with van der Waals surface area (Å²) in [7, 11) is 1.62. The summed E-state index contributed by atoms with van der Waals surface area (Å²) in [6, 6.07) is -0.775. The van der Waals surface area contributed by atoms with Gasteiger partial charge in [0.15, 0.2) is 0 Å². The summed E-state index contributed by atoms with van der Waals surface area (Å²) in [5.74, 6) is 0.537. The van der Waals surface area contributed by atoms with E-state index in [0.717, 1.165) is 5.75 Å². The lowest BCUT2D eigenvalue weighted by molar-refractivity contribution is -0.140. The number of rotatable bonds is 9. The Morgan fingerprint density at radius 1 is 1.64 bits per heavy atom. The number of aliphatic carboxylic acids is 1. The summed E-state index contributed by atoms with van der Waals surface area (Å²) >= 11 is 1.61. The second-order valence-corrected chi connectivity index (χ2v) is 3.79. The van der Waals surface area contributed by atoms with Gasteiger partial charge in [-0.3, -0.25) is 4.79 Å². The van der Waals surface area contributed by atoms with Crippen LogP contribution in [0.25, 0.3) is 0 Å². The topological polar surface area (TPSA) is 75.6 Å². The summed E-state index contributed by atoms with van der Waals surface area (Å²) < 4.78 is 4.83. The van der Waals surface area contributed by atoms with Gasteiger partial charge in [0, 0.05) is 12.9 Å². The largest absolute Gasteiger partial charge is 0.480 e. The number of carboxylic acids is 1. The van der Waals surface area contributed by atoms with Crippen LogP contribution in [0.15, 0.2) is 0 Å². The molecular weight excluding hydrogens is 206 g/mol. The molecule has 0 aliphatic carbocycles. The van der Waals surface area contributed by atoms with Crippen molar-refractivity contribution in [2.24, 2.45) is 0 Å². The van der Waals surface area contributed by atoms with E-state index in [9.17, 15) is 9.59 Å². The van der Waals surface area contributed by atoms with E-state index in [-0.39, 0.29) is 0 Å². The lowest BCUT2D eigenvalue weighted by atomic mass is 10.2. The van der Waals surface area contributed by atoms with E-state index in [1.807, 2.05) is 0 Å². The molecule has 14 heavy (non-hydrogen) atoms. The summed E-state index contributed by atoms with van der Waals surface area (Å²) in [5, 5.41) is 10.9. The average Bonchev–Trinajstić information content (AvgIpc) is 2.15. The van der Waals surface area contributed by atoms with Crippen LogP contribution in [0.3, 0.4) is 0 Å². The van der Waals surface area contributed by atoms with E-state index in [2.05, 4.69) is 5.32 Å². The Bertz CT molecular complexity index is 177. The Labute approximate surface area is 87.2 Å². The third-order valence-corrected chi connectivity index (χ3v) is 2.53. The van der Waals surface area contributed by atoms with Crippen molar-refractivity contribution in [2.75, 3.05) is 25.2 Å². The molecule has 0 aromatic heterocycles. The predicted octanol–water partition coefficient (Wildman–Crippen LogP) is -0.0447. The van der Waals surface area contributed by atoms with Gasteiger partial charge >= 0.3 is 5.97 Å². The van der Waals surface area contributed by atoms with Crippen LogP contribution < -0.4 is 5.32 Å². The van der Waals surface area contributed by atoms with Gasteiger partial charge in [0.2, 0.25) is 6.41 Å². The lowest BCUT2D eigenvalue weighted by Gasteiger charge is -2.09. The van der Waals surface area contributed by atoms with Crippen molar-refractivity contribution in [1.29, 1.82) is 0 Å². The normalized spacial score (nSPS) is 12.1. The number of carbonyl (C=O) groups is 2. The zero-order valence-electron chi connectivity index (χ0n) is 8.06. The molecule has 0 heterocycles. The maximum atomic E-state index is 10.6. The van der Waals surface area contributed by atoms with Gasteiger partial charge in [-0.15, -0.1) is 0 Å². The highest BCUT2D eigenvalue weighted by Gasteiger charge is 2.14. The molecule has 1 atom stereocenters. The highest BCUT2D eigenvalue weighted by atomic mass is 32.2. The molecule has 0 bridgehead atoms. The van der Waals surface area contributed by atoms with Crippen LogP contribution in [0.4, 0.5) is 0 Å². The minimum Gasteiger partial charge on any atom is -0.480 e. The van der Waals surface area contributed by atoms with Crippen LogP contribution in [0.2, 0.25) is 0 Å². The van der Waals surface area contributed by atoms with Crippen LogP contribution in [0.5, 0.6) is 0 Å². The van der Waals surface area contributed by atoms with E-state index in [1.165, 1.54) is 0 Å². The molecule has 1 unspecified atom stereocenters. The molecule has 0 rings (SSSR count). The molecule has 0 aromatic rings. The molecule has 82 valence electrons. The molecule has 0 aromatic carbocycles. The van der Waals surface area contributed by atoms with Crippen LogP contribution in [-0.2, 0) is 14.3 Å². The quantitative estimate of drug-likeness (QED) is 0.422. The van der Waals surface area contributed by atoms with Crippen molar-refractivity contribution < 1.29 is 19.4 Å². The molecule has 6 heteroatoms. The summed E-state index contributed by atoms with van der Waals surface area (Å²) in [4.78, 5) is 20.6. The van der Waals surface area contributed by atoms with Gasteiger partial charge in [0.05, 0.1) is 6.61 Å². The standard InChI is InChI=1S/C8H15NO4S/c1-13-3-5-14-4-2-7(8(11)12)9-6-10/h6-7H,2-5H2,1H3,(H,9,10)(H,11,12). The van der Waals surface area contributed by atoms with Gasteiger partial charge in [-0.05, 0) is 12.2 Å². The Morgan fingerprint density at radius 2 is 2.36 bits per heavy atom. The first-order valence-corrected chi connectivity index (χ1v) is 5.37. The molecule has 0 saturated heterocycles. The van der Waals surface area contributed by atoms with E-state index < -0.39 is 12.0 Å².